The molecule has 1 aliphatic carbocycles. The molecule has 1 saturated heterocycles. The number of carboxylic acids is 1. The highest BCUT2D eigenvalue weighted by atomic mass is 16.5. The van der Waals surface area contributed by atoms with Crippen molar-refractivity contribution in [3.8, 4) is 0 Å². The number of carbonyl (C=O) groups excluding carboxylic acids is 4. The quantitative estimate of drug-likeness (QED) is 0.188. The van der Waals surface area contributed by atoms with Gasteiger partial charge in [0.25, 0.3) is 0 Å². The summed E-state index contributed by atoms with van der Waals surface area (Å²) in [5.41, 5.74) is 1.36. The lowest BCUT2D eigenvalue weighted by Gasteiger charge is -2.05. The fraction of sp³-hybridized carbons (Fsp3) is 0.680. The van der Waals surface area contributed by atoms with Crippen molar-refractivity contribution in [2.75, 3.05) is 26.3 Å². The summed E-state index contributed by atoms with van der Waals surface area (Å²) >= 11 is 0. The molecule has 0 bridgehead atoms. The normalized spacial score (nSPS) is 13.4. The largest absolute Gasteiger partial charge is 0.481 e. The molecular formula is C25H46N3O7. The summed E-state index contributed by atoms with van der Waals surface area (Å²) in [6.07, 6.45) is 11.5. The lowest BCUT2D eigenvalue weighted by molar-refractivity contribution is -0.137. The van der Waals surface area contributed by atoms with E-state index in [0.29, 0.717) is 45.3 Å². The lowest BCUT2D eigenvalue weighted by atomic mass is 10.1. The molecule has 10 nitrogen and oxygen atoms in total. The van der Waals surface area contributed by atoms with E-state index >= 15 is 0 Å². The van der Waals surface area contributed by atoms with Crippen LogP contribution in [0.25, 0.3) is 0 Å². The van der Waals surface area contributed by atoms with E-state index in [2.05, 4.69) is 28.4 Å². The molecule has 0 aromatic rings. The minimum atomic E-state index is -0.750. The van der Waals surface area contributed by atoms with Gasteiger partial charge in [-0.1, -0.05) is 38.3 Å². The number of hydrogen-bond donors (Lipinski definition) is 4. The van der Waals surface area contributed by atoms with Crippen molar-refractivity contribution in [3.63, 3.8) is 0 Å². The second kappa shape index (κ2) is 21.8. The van der Waals surface area contributed by atoms with Gasteiger partial charge in [-0.3, -0.25) is 29.3 Å². The lowest BCUT2D eigenvalue weighted by Crippen LogP contribution is -2.27. The molecule has 0 saturated carbocycles. The van der Waals surface area contributed by atoms with Crippen LogP contribution in [0.2, 0.25) is 0 Å². The molecular weight excluding hydrogens is 454 g/mol. The van der Waals surface area contributed by atoms with Crippen LogP contribution >= 0.6 is 0 Å². The van der Waals surface area contributed by atoms with Gasteiger partial charge in [0, 0.05) is 61.1 Å². The third-order valence-electron chi connectivity index (χ3n) is 4.78. The van der Waals surface area contributed by atoms with Crippen LogP contribution in [0.4, 0.5) is 0 Å². The van der Waals surface area contributed by atoms with E-state index in [1.807, 2.05) is 13.8 Å². The molecule has 4 amide bonds. The van der Waals surface area contributed by atoms with Crippen LogP contribution in [0.5, 0.6) is 0 Å². The Labute approximate surface area is 211 Å². The summed E-state index contributed by atoms with van der Waals surface area (Å²) in [4.78, 5) is 52.5. The van der Waals surface area contributed by atoms with Gasteiger partial charge in [0.1, 0.15) is 0 Å². The van der Waals surface area contributed by atoms with Gasteiger partial charge < -0.3 is 20.5 Å². The zero-order valence-corrected chi connectivity index (χ0v) is 21.2. The van der Waals surface area contributed by atoms with Crippen LogP contribution in [0.15, 0.2) is 11.6 Å². The highest BCUT2D eigenvalue weighted by Gasteiger charge is 2.15. The van der Waals surface area contributed by atoms with Crippen molar-refractivity contribution in [2.45, 2.75) is 84.5 Å². The third kappa shape index (κ3) is 24.2. The van der Waals surface area contributed by atoms with E-state index in [0.717, 1.165) is 45.3 Å². The number of carbonyl (C=O) groups is 5. The Hall–Kier alpha value is -2.75. The van der Waals surface area contributed by atoms with Gasteiger partial charge in [-0.15, -0.1) is 0 Å². The van der Waals surface area contributed by atoms with Gasteiger partial charge in [0.15, 0.2) is 0 Å². The Morgan fingerprint density at radius 1 is 0.943 bits per heavy atom. The van der Waals surface area contributed by atoms with Crippen molar-refractivity contribution in [2.24, 2.45) is 0 Å². The maximum atomic E-state index is 11.4. The van der Waals surface area contributed by atoms with E-state index in [1.54, 1.807) is 0 Å². The molecule has 1 aliphatic heterocycles. The SMILES string of the molecule is CCC(=O)NCCC1=C[CH]1.CCCOCCNC(=O)CCCCCCC(=O)O.O=C1CCC(=O)N1.[HH].[HH]. The summed E-state index contributed by atoms with van der Waals surface area (Å²) in [7, 11) is 0. The molecule has 0 aromatic heterocycles. The molecule has 4 N–H and O–H groups in total. The van der Waals surface area contributed by atoms with Gasteiger partial charge in [-0.25, -0.2) is 0 Å². The van der Waals surface area contributed by atoms with Crippen molar-refractivity contribution >= 4 is 29.6 Å². The van der Waals surface area contributed by atoms with E-state index in [4.69, 9.17) is 9.84 Å². The van der Waals surface area contributed by atoms with Crippen molar-refractivity contribution in [1.29, 1.82) is 0 Å². The third-order valence-corrected chi connectivity index (χ3v) is 4.78. The van der Waals surface area contributed by atoms with Crippen molar-refractivity contribution in [3.05, 3.63) is 18.1 Å². The molecule has 0 aromatic carbocycles. The van der Waals surface area contributed by atoms with Crippen LogP contribution in [0, 0.1) is 6.42 Å². The molecule has 0 spiro atoms. The van der Waals surface area contributed by atoms with Gasteiger partial charge in [-0.2, -0.15) is 0 Å². The number of aliphatic carboxylic acids is 1. The smallest absolute Gasteiger partial charge is 0.303 e. The molecule has 2 aliphatic rings. The number of ether oxygens (including phenoxy) is 1. The maximum absolute atomic E-state index is 11.4. The molecule has 2 rings (SSSR count). The average molecular weight is 501 g/mol. The Bertz CT molecular complexity index is 690. The fourth-order valence-corrected chi connectivity index (χ4v) is 2.72. The number of allylic oxidation sites excluding steroid dienone is 1. The van der Waals surface area contributed by atoms with Crippen LogP contribution in [0.3, 0.4) is 0 Å². The molecule has 35 heavy (non-hydrogen) atoms. The van der Waals surface area contributed by atoms with Crippen molar-refractivity contribution in [1.82, 2.24) is 16.0 Å². The first-order chi connectivity index (χ1) is 16.8. The number of nitrogens with one attached hydrogen (secondary N) is 3. The standard InChI is InChI=1S/C13H25NO4.C8H12NO.C4H5NO2.2H2/c1-2-10-18-11-9-14-12(15)7-5-3-4-6-8-13(16)17;1-2-8(10)9-6-5-7-3-4-7;6-3-1-2-4(7)5-3;;/h2-11H2,1H3,(H,14,15)(H,16,17);3-4H,2,5-6H2,1H3,(H,9,10);1-2H2,(H,5,6,7);2*1H. The summed E-state index contributed by atoms with van der Waals surface area (Å²) < 4.78 is 5.24. The monoisotopic (exact) mass is 500 g/mol. The number of amides is 4. The Balaban J connectivity index is -0.000000509. The summed E-state index contributed by atoms with van der Waals surface area (Å²) in [5.74, 6) is -0.857. The summed E-state index contributed by atoms with van der Waals surface area (Å²) in [6.45, 7) is 6.56. The average Bonchev–Trinajstić information content (AvgIpc) is 3.57. The fourth-order valence-electron chi connectivity index (χ4n) is 2.72. The minimum Gasteiger partial charge on any atom is -0.481 e. The molecule has 0 unspecified atom stereocenters. The first-order valence-electron chi connectivity index (χ1n) is 12.5. The molecule has 203 valence electrons. The number of rotatable bonds is 16. The second-order valence-electron chi connectivity index (χ2n) is 8.10. The Kier molecular flexibility index (Phi) is 20.1. The van der Waals surface area contributed by atoms with E-state index < -0.39 is 5.97 Å². The first kappa shape index (κ1) is 32.2. The number of imide groups is 1. The Morgan fingerprint density at radius 2 is 1.54 bits per heavy atom. The van der Waals surface area contributed by atoms with Crippen LogP contribution in [-0.4, -0.2) is 61.0 Å². The molecule has 1 radical (unpaired) electrons. The number of hydrogen-bond acceptors (Lipinski definition) is 6. The topological polar surface area (TPSA) is 151 Å². The van der Waals surface area contributed by atoms with Gasteiger partial charge in [0.05, 0.1) is 6.61 Å². The predicted octanol–water partition coefficient (Wildman–Crippen LogP) is 2.92. The molecule has 1 heterocycles. The molecule has 0 atom stereocenters. The molecule has 10 heteroatoms. The molecule has 1 fully saturated rings. The van der Waals surface area contributed by atoms with E-state index in [9.17, 15) is 24.0 Å². The van der Waals surface area contributed by atoms with Crippen LogP contribution in [0.1, 0.15) is 87.3 Å². The Morgan fingerprint density at radius 3 is 2.03 bits per heavy atom. The van der Waals surface area contributed by atoms with Gasteiger partial charge >= 0.3 is 5.97 Å². The van der Waals surface area contributed by atoms with Crippen LogP contribution < -0.4 is 16.0 Å². The zero-order chi connectivity index (χ0) is 26.3. The maximum Gasteiger partial charge on any atom is 0.303 e. The summed E-state index contributed by atoms with van der Waals surface area (Å²) in [5, 5.41) is 16.2. The zero-order valence-electron chi connectivity index (χ0n) is 21.2. The van der Waals surface area contributed by atoms with Gasteiger partial charge in [0.2, 0.25) is 23.6 Å². The first-order valence-corrected chi connectivity index (χ1v) is 12.5. The van der Waals surface area contributed by atoms with E-state index in [1.165, 1.54) is 5.57 Å². The van der Waals surface area contributed by atoms with E-state index in [-0.39, 0.29) is 32.9 Å². The second-order valence-corrected chi connectivity index (χ2v) is 8.10. The summed E-state index contributed by atoms with van der Waals surface area (Å²) in [6, 6.07) is 0. The van der Waals surface area contributed by atoms with Crippen LogP contribution in [-0.2, 0) is 28.7 Å². The predicted molar refractivity (Wildman–Crippen MR) is 136 cm³/mol. The highest BCUT2D eigenvalue weighted by Crippen LogP contribution is 2.19. The number of unbranched alkanes of at least 4 members (excludes halogenated alkanes) is 3. The van der Waals surface area contributed by atoms with Gasteiger partial charge in [-0.05, 0) is 25.7 Å². The highest BCUT2D eigenvalue weighted by molar-refractivity contribution is 6.01. The minimum absolute atomic E-state index is 0. The van der Waals surface area contributed by atoms with Crippen molar-refractivity contribution < 1.29 is 36.7 Å². The number of carboxylic acid groups (broad SMARTS) is 1.